The first kappa shape index (κ1) is 11.7. The molecule has 0 aliphatic heterocycles. The van der Waals surface area contributed by atoms with E-state index in [-0.39, 0.29) is 0 Å². The Morgan fingerprint density at radius 1 is 1.27 bits per heavy atom. The molecule has 0 atom stereocenters. The molecule has 1 nitrogen and oxygen atoms in total. The minimum Gasteiger partial charge on any atom is -0.248 e. The van der Waals surface area contributed by atoms with Gasteiger partial charge >= 0.3 is 0 Å². The highest BCUT2D eigenvalue weighted by Crippen LogP contribution is 2.07. The van der Waals surface area contributed by atoms with E-state index < -0.39 is 0 Å². The Labute approximate surface area is 85.0 Å². The lowest BCUT2D eigenvalue weighted by molar-refractivity contribution is 0.451. The lowest BCUT2D eigenvalue weighted by atomic mass is 10.1. The predicted molar refractivity (Wildman–Crippen MR) is 60.0 cm³/mol. The van der Waals surface area contributed by atoms with Gasteiger partial charge in [-0.2, -0.15) is 0 Å². The van der Waals surface area contributed by atoms with E-state index in [1.807, 2.05) is 0 Å². The molecule has 0 amide bonds. The molecule has 0 saturated carbocycles. The lowest BCUT2D eigenvalue weighted by Crippen LogP contribution is -2.13. The van der Waals surface area contributed by atoms with E-state index in [2.05, 4.69) is 46.7 Å². The zero-order chi connectivity index (χ0) is 8.69. The molecule has 0 spiro atoms. The molecule has 0 aromatic rings. The highest BCUT2D eigenvalue weighted by atomic mass is 127. The third-order valence-corrected chi connectivity index (χ3v) is 2.61. The van der Waals surface area contributed by atoms with Crippen molar-refractivity contribution in [2.45, 2.75) is 40.0 Å². The fraction of sp³-hybridized carbons (Fsp3) is 1.00. The molecule has 0 N–H and O–H groups in total. The van der Waals surface area contributed by atoms with Crippen LogP contribution in [0.15, 0.2) is 0 Å². The zero-order valence-corrected chi connectivity index (χ0v) is 10.1. The third kappa shape index (κ3) is 8.60. The number of rotatable bonds is 6. The first-order valence-corrected chi connectivity index (χ1v) is 5.54. The van der Waals surface area contributed by atoms with E-state index in [9.17, 15) is 0 Å². The van der Waals surface area contributed by atoms with E-state index in [0.29, 0.717) is 0 Å². The monoisotopic (exact) mass is 269 g/mol. The molecular weight excluding hydrogens is 249 g/mol. The second kappa shape index (κ2) is 7.35. The molecule has 68 valence electrons. The van der Waals surface area contributed by atoms with Crippen molar-refractivity contribution in [3.05, 3.63) is 0 Å². The Hall–Kier alpha value is 0.690. The van der Waals surface area contributed by atoms with Gasteiger partial charge in [0.1, 0.15) is 0 Å². The molecule has 0 fully saturated rings. The number of nitrogens with zero attached hydrogens (tertiary/aromatic N) is 1. The molecule has 0 radical (unpaired) electrons. The SMILES string of the molecule is CCCN(I)CCCC(C)C. The Kier molecular flexibility index (Phi) is 7.81. The van der Waals surface area contributed by atoms with Crippen LogP contribution < -0.4 is 0 Å². The molecule has 0 saturated heterocycles. The fourth-order valence-electron chi connectivity index (χ4n) is 1.03. The summed E-state index contributed by atoms with van der Waals surface area (Å²) in [5.74, 6) is 0.862. The number of halogens is 1. The normalized spacial score (nSPS) is 11.5. The Morgan fingerprint density at radius 3 is 2.36 bits per heavy atom. The molecule has 0 rings (SSSR count). The summed E-state index contributed by atoms with van der Waals surface area (Å²) in [6.07, 6.45) is 3.98. The zero-order valence-electron chi connectivity index (χ0n) is 7.94. The Bertz CT molecular complexity index is 83.6. The quantitative estimate of drug-likeness (QED) is 0.527. The highest BCUT2D eigenvalue weighted by molar-refractivity contribution is 14.1. The highest BCUT2D eigenvalue weighted by Gasteiger charge is 1.98. The van der Waals surface area contributed by atoms with Crippen LogP contribution in [0.2, 0.25) is 0 Å². The van der Waals surface area contributed by atoms with Crippen molar-refractivity contribution < 1.29 is 0 Å². The molecule has 0 bridgehead atoms. The van der Waals surface area contributed by atoms with Gasteiger partial charge in [0.2, 0.25) is 0 Å². The number of hydrogen-bond acceptors (Lipinski definition) is 1. The maximum absolute atomic E-state index is 2.42. The minimum absolute atomic E-state index is 0.862. The molecule has 11 heavy (non-hydrogen) atoms. The predicted octanol–water partition coefficient (Wildman–Crippen LogP) is 3.48. The van der Waals surface area contributed by atoms with Crippen LogP contribution in [0.1, 0.15) is 40.0 Å². The topological polar surface area (TPSA) is 3.24 Å². The molecule has 0 heterocycles. The van der Waals surface area contributed by atoms with Gasteiger partial charge in [0.15, 0.2) is 0 Å². The van der Waals surface area contributed by atoms with Crippen LogP contribution in [0.3, 0.4) is 0 Å². The van der Waals surface area contributed by atoms with Crippen LogP contribution >= 0.6 is 22.9 Å². The Morgan fingerprint density at radius 2 is 1.91 bits per heavy atom. The summed E-state index contributed by atoms with van der Waals surface area (Å²) in [7, 11) is 0. The van der Waals surface area contributed by atoms with Crippen molar-refractivity contribution in [1.29, 1.82) is 0 Å². The summed E-state index contributed by atoms with van der Waals surface area (Å²) in [6.45, 7) is 9.30. The van der Waals surface area contributed by atoms with Gasteiger partial charge in [-0.3, -0.25) is 0 Å². The van der Waals surface area contributed by atoms with Gasteiger partial charge in [-0.05, 0) is 25.2 Å². The molecule has 0 aromatic heterocycles. The van der Waals surface area contributed by atoms with Crippen molar-refractivity contribution in [3.8, 4) is 0 Å². The van der Waals surface area contributed by atoms with Crippen molar-refractivity contribution in [1.82, 2.24) is 3.11 Å². The largest absolute Gasteiger partial charge is 0.248 e. The van der Waals surface area contributed by atoms with Gasteiger partial charge in [-0.15, -0.1) is 0 Å². The van der Waals surface area contributed by atoms with E-state index in [4.69, 9.17) is 0 Å². The second-order valence-electron chi connectivity index (χ2n) is 3.45. The van der Waals surface area contributed by atoms with Crippen molar-refractivity contribution in [3.63, 3.8) is 0 Å². The van der Waals surface area contributed by atoms with Gasteiger partial charge in [0.25, 0.3) is 0 Å². The first-order chi connectivity index (χ1) is 5.16. The van der Waals surface area contributed by atoms with E-state index in [1.54, 1.807) is 0 Å². The first-order valence-electron chi connectivity index (χ1n) is 4.57. The van der Waals surface area contributed by atoms with Gasteiger partial charge < -0.3 is 0 Å². The molecule has 0 unspecified atom stereocenters. The molecule has 0 aromatic carbocycles. The van der Waals surface area contributed by atoms with Gasteiger partial charge in [-0.1, -0.05) is 20.8 Å². The second-order valence-corrected chi connectivity index (χ2v) is 4.81. The maximum atomic E-state index is 2.42. The summed E-state index contributed by atoms with van der Waals surface area (Å²) in [5, 5.41) is 0. The van der Waals surface area contributed by atoms with Crippen molar-refractivity contribution >= 4 is 22.9 Å². The van der Waals surface area contributed by atoms with Gasteiger partial charge in [0, 0.05) is 36.0 Å². The fourth-order valence-corrected chi connectivity index (χ4v) is 1.85. The summed E-state index contributed by atoms with van der Waals surface area (Å²) < 4.78 is 2.39. The van der Waals surface area contributed by atoms with E-state index in [0.717, 1.165) is 5.92 Å². The van der Waals surface area contributed by atoms with Gasteiger partial charge in [-0.25, -0.2) is 3.11 Å². The van der Waals surface area contributed by atoms with Crippen LogP contribution in [-0.2, 0) is 0 Å². The van der Waals surface area contributed by atoms with Crippen LogP contribution in [0.4, 0.5) is 0 Å². The van der Waals surface area contributed by atoms with Gasteiger partial charge in [0.05, 0.1) is 0 Å². The lowest BCUT2D eigenvalue weighted by Gasteiger charge is -2.13. The smallest absolute Gasteiger partial charge is 0.0201 e. The number of hydrogen-bond donors (Lipinski definition) is 0. The van der Waals surface area contributed by atoms with Crippen molar-refractivity contribution in [2.24, 2.45) is 5.92 Å². The average Bonchev–Trinajstić information content (AvgIpc) is 1.87. The summed E-state index contributed by atoms with van der Waals surface area (Å²) in [5.41, 5.74) is 0. The van der Waals surface area contributed by atoms with Crippen molar-refractivity contribution in [2.75, 3.05) is 13.1 Å². The molecule has 2 heteroatoms. The minimum atomic E-state index is 0.862. The van der Waals surface area contributed by atoms with E-state index >= 15 is 0 Å². The standard InChI is InChI=1S/C9H20IN/c1-4-7-11(10)8-5-6-9(2)3/h9H,4-8H2,1-3H3. The van der Waals surface area contributed by atoms with Crippen LogP contribution in [-0.4, -0.2) is 16.2 Å². The maximum Gasteiger partial charge on any atom is 0.0201 e. The summed E-state index contributed by atoms with van der Waals surface area (Å²) >= 11 is 2.42. The summed E-state index contributed by atoms with van der Waals surface area (Å²) in [6, 6.07) is 0. The van der Waals surface area contributed by atoms with E-state index in [1.165, 1.54) is 32.4 Å². The third-order valence-electron chi connectivity index (χ3n) is 1.65. The molecular formula is C9H20IN. The van der Waals surface area contributed by atoms with Crippen LogP contribution in [0, 0.1) is 5.92 Å². The van der Waals surface area contributed by atoms with Crippen LogP contribution in [0.5, 0.6) is 0 Å². The Balaban J connectivity index is 3.10. The summed E-state index contributed by atoms with van der Waals surface area (Å²) in [4.78, 5) is 0. The van der Waals surface area contributed by atoms with Crippen LogP contribution in [0.25, 0.3) is 0 Å². The molecule has 0 aliphatic rings. The molecule has 0 aliphatic carbocycles. The average molecular weight is 269 g/mol.